The van der Waals surface area contributed by atoms with Crippen LogP contribution < -0.4 is 15.2 Å². The van der Waals surface area contributed by atoms with Gasteiger partial charge >= 0.3 is 0 Å². The van der Waals surface area contributed by atoms with E-state index in [2.05, 4.69) is 4.98 Å². The van der Waals surface area contributed by atoms with Crippen LogP contribution >= 0.6 is 0 Å². The Hall–Kier alpha value is -2.69. The van der Waals surface area contributed by atoms with Gasteiger partial charge in [-0.1, -0.05) is 0 Å². The maximum absolute atomic E-state index is 5.73. The fraction of sp³-hybridized carbons (Fsp3) is 0.133. The maximum atomic E-state index is 5.73. The zero-order chi connectivity index (χ0) is 13.9. The van der Waals surface area contributed by atoms with Gasteiger partial charge < -0.3 is 19.6 Å². The van der Waals surface area contributed by atoms with Crippen LogP contribution in [0.3, 0.4) is 0 Å². The Kier molecular flexibility index (Phi) is 3.16. The molecule has 0 aliphatic heterocycles. The molecule has 2 aromatic heterocycles. The largest absolute Gasteiger partial charge is 0.497 e. The average molecular weight is 269 g/mol. The lowest BCUT2D eigenvalue weighted by atomic mass is 10.3. The van der Waals surface area contributed by atoms with E-state index in [1.807, 2.05) is 53.2 Å². The number of pyridine rings is 1. The van der Waals surface area contributed by atoms with E-state index in [1.165, 1.54) is 0 Å². The lowest BCUT2D eigenvalue weighted by Gasteiger charge is -2.04. The van der Waals surface area contributed by atoms with Crippen molar-refractivity contribution >= 4 is 11.3 Å². The van der Waals surface area contributed by atoms with E-state index in [4.69, 9.17) is 15.2 Å². The van der Waals surface area contributed by atoms with Crippen LogP contribution in [0.1, 0.15) is 5.69 Å². The summed E-state index contributed by atoms with van der Waals surface area (Å²) >= 11 is 0. The van der Waals surface area contributed by atoms with Crippen molar-refractivity contribution in [2.75, 3.05) is 12.8 Å². The quantitative estimate of drug-likeness (QED) is 0.790. The molecular formula is C15H15N3O2. The van der Waals surface area contributed by atoms with Gasteiger partial charge in [0.05, 0.1) is 12.8 Å². The van der Waals surface area contributed by atoms with Crippen LogP contribution in [0.4, 0.5) is 5.69 Å². The predicted molar refractivity (Wildman–Crippen MR) is 76.9 cm³/mol. The molecule has 0 bridgehead atoms. The molecule has 20 heavy (non-hydrogen) atoms. The second-order valence-electron chi connectivity index (χ2n) is 4.42. The van der Waals surface area contributed by atoms with Gasteiger partial charge in [-0.2, -0.15) is 0 Å². The molecule has 0 aliphatic carbocycles. The summed E-state index contributed by atoms with van der Waals surface area (Å²) < 4.78 is 12.7. The predicted octanol–water partition coefficient (Wildman–Crippen LogP) is 2.50. The van der Waals surface area contributed by atoms with Crippen molar-refractivity contribution in [1.82, 2.24) is 9.38 Å². The lowest BCUT2D eigenvalue weighted by Crippen LogP contribution is -1.95. The van der Waals surface area contributed by atoms with Gasteiger partial charge in [0.2, 0.25) is 0 Å². The number of rotatable bonds is 4. The molecule has 5 nitrogen and oxygen atoms in total. The van der Waals surface area contributed by atoms with Crippen molar-refractivity contribution in [1.29, 1.82) is 0 Å². The number of nitrogens with two attached hydrogens (primary N) is 1. The molecule has 0 atom stereocenters. The van der Waals surface area contributed by atoms with E-state index in [9.17, 15) is 0 Å². The number of fused-ring (bicyclic) bond motifs is 1. The van der Waals surface area contributed by atoms with Crippen LogP contribution in [-0.4, -0.2) is 16.5 Å². The van der Waals surface area contributed by atoms with Crippen molar-refractivity contribution in [3.8, 4) is 11.5 Å². The monoisotopic (exact) mass is 269 g/mol. The molecule has 5 heteroatoms. The number of aromatic nitrogens is 2. The number of hydrogen-bond acceptors (Lipinski definition) is 4. The van der Waals surface area contributed by atoms with Gasteiger partial charge in [0, 0.05) is 24.1 Å². The van der Waals surface area contributed by atoms with E-state index < -0.39 is 0 Å². The van der Waals surface area contributed by atoms with Gasteiger partial charge in [-0.05, 0) is 30.3 Å². The third-order valence-corrected chi connectivity index (χ3v) is 2.98. The van der Waals surface area contributed by atoms with Crippen molar-refractivity contribution in [3.05, 3.63) is 54.5 Å². The molecule has 3 aromatic rings. The summed E-state index contributed by atoms with van der Waals surface area (Å²) in [4.78, 5) is 4.46. The minimum absolute atomic E-state index is 0.411. The van der Waals surface area contributed by atoms with Crippen LogP contribution in [0.2, 0.25) is 0 Å². The zero-order valence-electron chi connectivity index (χ0n) is 11.1. The average Bonchev–Trinajstić information content (AvgIpc) is 2.87. The highest BCUT2D eigenvalue weighted by Crippen LogP contribution is 2.18. The highest BCUT2D eigenvalue weighted by atomic mass is 16.5. The maximum Gasteiger partial charge on any atom is 0.139 e. The Morgan fingerprint density at radius 3 is 2.65 bits per heavy atom. The molecule has 0 saturated heterocycles. The van der Waals surface area contributed by atoms with Crippen LogP contribution in [-0.2, 0) is 6.61 Å². The second-order valence-corrected chi connectivity index (χ2v) is 4.42. The topological polar surface area (TPSA) is 61.8 Å². The first-order valence-electron chi connectivity index (χ1n) is 6.24. The number of methoxy groups -OCH3 is 1. The van der Waals surface area contributed by atoms with Gasteiger partial charge in [0.25, 0.3) is 0 Å². The third-order valence-electron chi connectivity index (χ3n) is 2.98. The van der Waals surface area contributed by atoms with Gasteiger partial charge in [-0.15, -0.1) is 0 Å². The third kappa shape index (κ3) is 2.51. The molecule has 3 rings (SSSR count). The van der Waals surface area contributed by atoms with Crippen LogP contribution in [0, 0.1) is 0 Å². The van der Waals surface area contributed by atoms with Gasteiger partial charge in [0.15, 0.2) is 0 Å². The number of anilines is 1. The molecule has 0 saturated carbocycles. The molecule has 102 valence electrons. The molecule has 1 aromatic carbocycles. The molecule has 2 N–H and O–H groups in total. The zero-order valence-corrected chi connectivity index (χ0v) is 11.1. The Bertz CT molecular complexity index is 720. The Labute approximate surface area is 116 Å². The highest BCUT2D eigenvalue weighted by molar-refractivity contribution is 5.52. The summed E-state index contributed by atoms with van der Waals surface area (Å²) in [5.41, 5.74) is 8.10. The van der Waals surface area contributed by atoms with Gasteiger partial charge in [0.1, 0.15) is 23.8 Å². The van der Waals surface area contributed by atoms with Gasteiger partial charge in [-0.25, -0.2) is 4.98 Å². The molecule has 0 spiro atoms. The molecule has 0 fully saturated rings. The molecule has 0 aliphatic rings. The molecule has 2 heterocycles. The minimum atomic E-state index is 0.411. The number of nitrogen functional groups attached to an aromatic ring is 1. The Morgan fingerprint density at radius 1 is 1.15 bits per heavy atom. The smallest absolute Gasteiger partial charge is 0.139 e. The standard InChI is InChI=1S/C15H15N3O2/c1-19-13-2-4-14(5-3-13)20-10-12-9-18-7-6-11(16)8-15(18)17-12/h2-9H,10,16H2,1H3. The summed E-state index contributed by atoms with van der Waals surface area (Å²) in [6.45, 7) is 0.411. The van der Waals surface area contributed by atoms with Crippen LogP contribution in [0.5, 0.6) is 11.5 Å². The number of hydrogen-bond donors (Lipinski definition) is 1. The summed E-state index contributed by atoms with van der Waals surface area (Å²) in [7, 11) is 1.64. The normalized spacial score (nSPS) is 10.7. The van der Waals surface area contributed by atoms with E-state index in [-0.39, 0.29) is 0 Å². The summed E-state index contributed by atoms with van der Waals surface area (Å²) in [6.07, 6.45) is 3.81. The molecule has 0 amide bonds. The first kappa shape index (κ1) is 12.3. The number of nitrogens with zero attached hydrogens (tertiary/aromatic N) is 2. The van der Waals surface area contributed by atoms with Crippen molar-refractivity contribution in [3.63, 3.8) is 0 Å². The lowest BCUT2D eigenvalue weighted by molar-refractivity contribution is 0.301. The van der Waals surface area contributed by atoms with Crippen LogP contribution in [0.15, 0.2) is 48.8 Å². The number of ether oxygens (including phenoxy) is 2. The van der Waals surface area contributed by atoms with E-state index in [0.717, 1.165) is 22.8 Å². The Balaban J connectivity index is 1.72. The van der Waals surface area contributed by atoms with Crippen molar-refractivity contribution in [2.24, 2.45) is 0 Å². The summed E-state index contributed by atoms with van der Waals surface area (Å²) in [5, 5.41) is 0. The Morgan fingerprint density at radius 2 is 1.90 bits per heavy atom. The fourth-order valence-corrected chi connectivity index (χ4v) is 1.95. The number of imidazole rings is 1. The minimum Gasteiger partial charge on any atom is -0.497 e. The van der Waals surface area contributed by atoms with Crippen molar-refractivity contribution < 1.29 is 9.47 Å². The SMILES string of the molecule is COc1ccc(OCc2cn3ccc(N)cc3n2)cc1. The van der Waals surface area contributed by atoms with Crippen LogP contribution in [0.25, 0.3) is 5.65 Å². The first-order chi connectivity index (χ1) is 9.74. The molecule has 0 unspecified atom stereocenters. The molecular weight excluding hydrogens is 254 g/mol. The summed E-state index contributed by atoms with van der Waals surface area (Å²) in [6, 6.07) is 11.1. The van der Waals surface area contributed by atoms with E-state index >= 15 is 0 Å². The van der Waals surface area contributed by atoms with Crippen molar-refractivity contribution in [2.45, 2.75) is 6.61 Å². The molecule has 0 radical (unpaired) electrons. The second kappa shape index (κ2) is 5.13. The highest BCUT2D eigenvalue weighted by Gasteiger charge is 2.03. The number of benzene rings is 1. The van der Waals surface area contributed by atoms with E-state index in [0.29, 0.717) is 12.3 Å². The van der Waals surface area contributed by atoms with E-state index in [1.54, 1.807) is 7.11 Å². The summed E-state index contributed by atoms with van der Waals surface area (Å²) in [5.74, 6) is 1.59. The fourth-order valence-electron chi connectivity index (χ4n) is 1.95. The van der Waals surface area contributed by atoms with Gasteiger partial charge in [-0.3, -0.25) is 0 Å². The first-order valence-corrected chi connectivity index (χ1v) is 6.24.